The van der Waals surface area contributed by atoms with Crippen LogP contribution in [0.1, 0.15) is 25.3 Å². The maximum Gasteiger partial charge on any atom is 0.345 e. The highest BCUT2D eigenvalue weighted by molar-refractivity contribution is 6.03. The smallest absolute Gasteiger partial charge is 0.345 e. The molecule has 4 atom stereocenters. The van der Waals surface area contributed by atoms with Crippen molar-refractivity contribution < 1.29 is 52.6 Å². The molecule has 13 nitrogen and oxygen atoms in total. The first-order chi connectivity index (χ1) is 24.6. The molecule has 7 rings (SSSR count). The van der Waals surface area contributed by atoms with Gasteiger partial charge in [0.25, 0.3) is 0 Å². The molecule has 274 valence electrons. The second-order valence-electron chi connectivity index (χ2n) is 13.4. The summed E-state index contributed by atoms with van der Waals surface area (Å²) < 4.78 is 72.4. The molecule has 0 spiro atoms. The van der Waals surface area contributed by atoms with Crippen LogP contribution in [0.3, 0.4) is 0 Å². The van der Waals surface area contributed by atoms with Gasteiger partial charge >= 0.3 is 18.1 Å². The lowest BCUT2D eigenvalue weighted by Gasteiger charge is -2.40. The van der Waals surface area contributed by atoms with E-state index in [2.05, 4.69) is 20.9 Å². The van der Waals surface area contributed by atoms with Gasteiger partial charge in [0.2, 0.25) is 0 Å². The van der Waals surface area contributed by atoms with Crippen molar-refractivity contribution >= 4 is 33.2 Å². The average molecular weight is 727 g/mol. The van der Waals surface area contributed by atoms with Crippen LogP contribution in [0.15, 0.2) is 42.4 Å². The summed E-state index contributed by atoms with van der Waals surface area (Å²) in [5.74, 6) is -3.48. The zero-order valence-corrected chi connectivity index (χ0v) is 27.6. The molecule has 3 fully saturated rings. The van der Waals surface area contributed by atoms with Gasteiger partial charge in [-0.25, -0.2) is 22.5 Å². The van der Waals surface area contributed by atoms with Crippen molar-refractivity contribution in [3.05, 3.63) is 59.6 Å². The molecular formula is C35H34F4N6O7. The van der Waals surface area contributed by atoms with Crippen molar-refractivity contribution in [2.75, 3.05) is 43.5 Å². The highest BCUT2D eigenvalue weighted by atomic mass is 19.1. The van der Waals surface area contributed by atoms with Crippen LogP contribution in [-0.4, -0.2) is 103 Å². The number of fused-ring (bicyclic) bond motifs is 3. The lowest BCUT2D eigenvalue weighted by Crippen LogP contribution is -2.54. The van der Waals surface area contributed by atoms with E-state index in [9.17, 15) is 34.3 Å². The van der Waals surface area contributed by atoms with E-state index >= 15 is 8.78 Å². The summed E-state index contributed by atoms with van der Waals surface area (Å²) in [5.41, 5.74) is 3.10. The molecule has 0 bridgehead atoms. The molecule has 2 unspecified atom stereocenters. The topological polar surface area (TPSA) is 191 Å². The number of aliphatic hydroxyl groups is 5. The summed E-state index contributed by atoms with van der Waals surface area (Å²) in [6, 6.07) is 3.93. The third kappa shape index (κ3) is 5.86. The fourth-order valence-corrected chi connectivity index (χ4v) is 7.20. The quantitative estimate of drug-likeness (QED) is 0.0736. The number of rotatable bonds is 6. The average Bonchev–Trinajstić information content (AvgIpc) is 3.82. The summed E-state index contributed by atoms with van der Waals surface area (Å²) in [7, 11) is 0. The number of nitrogen functional groups attached to an aromatic ring is 1. The van der Waals surface area contributed by atoms with Gasteiger partial charge in [0.15, 0.2) is 5.82 Å². The van der Waals surface area contributed by atoms with Crippen LogP contribution in [0.2, 0.25) is 0 Å². The predicted molar refractivity (Wildman–Crippen MR) is 178 cm³/mol. The van der Waals surface area contributed by atoms with E-state index in [0.29, 0.717) is 5.39 Å². The van der Waals surface area contributed by atoms with Crippen molar-refractivity contribution in [3.8, 4) is 29.6 Å². The summed E-state index contributed by atoms with van der Waals surface area (Å²) in [4.78, 5) is 15.2. The van der Waals surface area contributed by atoms with Gasteiger partial charge in [0.05, 0.1) is 42.0 Å². The van der Waals surface area contributed by atoms with Crippen molar-refractivity contribution in [2.45, 2.75) is 44.0 Å². The number of alkyl halides is 1. The van der Waals surface area contributed by atoms with Crippen LogP contribution < -0.4 is 15.4 Å². The Bertz CT molecular complexity index is 2160. The van der Waals surface area contributed by atoms with Crippen LogP contribution in [0.25, 0.3) is 32.9 Å². The van der Waals surface area contributed by atoms with Crippen molar-refractivity contribution in [1.82, 2.24) is 19.9 Å². The number of hydrogen-bond donors (Lipinski definition) is 6. The second-order valence-corrected chi connectivity index (χ2v) is 13.4. The van der Waals surface area contributed by atoms with Gasteiger partial charge in [-0.15, -0.1) is 6.42 Å². The molecule has 1 saturated carbocycles. The van der Waals surface area contributed by atoms with Crippen LogP contribution in [0, 0.1) is 35.3 Å². The van der Waals surface area contributed by atoms with E-state index in [1.807, 2.05) is 0 Å². The third-order valence-electron chi connectivity index (χ3n) is 10.3. The number of terminal acetylenes is 1. The molecule has 2 aliphatic heterocycles. The minimum absolute atomic E-state index is 0.0165. The number of nitrogens with two attached hydrogens (primary N) is 1. The molecule has 0 amide bonds. The third-order valence-corrected chi connectivity index (χ3v) is 10.3. The van der Waals surface area contributed by atoms with Gasteiger partial charge in [-0.3, -0.25) is 4.98 Å². The van der Waals surface area contributed by atoms with Gasteiger partial charge in [-0.2, -0.15) is 9.97 Å². The first kappa shape index (κ1) is 35.7. The Morgan fingerprint density at radius 2 is 1.90 bits per heavy atom. The van der Waals surface area contributed by atoms with Crippen LogP contribution >= 0.6 is 0 Å². The van der Waals surface area contributed by atoms with Gasteiger partial charge in [-0.05, 0) is 48.9 Å². The molecule has 4 aromatic rings. The fraction of sp³-hybridized carbons (Fsp3) is 0.400. The minimum atomic E-state index is -3.34. The molecule has 0 radical (unpaired) electrons. The first-order valence-electron chi connectivity index (χ1n) is 16.3. The first-order valence-corrected chi connectivity index (χ1v) is 16.3. The number of aromatic nitrogens is 3. The number of pyridine rings is 1. The maximum atomic E-state index is 17.0. The Hall–Kier alpha value is -4.67. The molecule has 52 heavy (non-hydrogen) atoms. The Balaban J connectivity index is 1.40. The molecule has 2 aromatic carbocycles. The van der Waals surface area contributed by atoms with Crippen molar-refractivity contribution in [3.63, 3.8) is 0 Å². The standard InChI is InChI=1S/C35H34F4N6O7/c1-3-20-24(37)5-4-17-12-19(40)13-21(25(17)20)28-27(39)29-22(15-41-28)31(45-10-11-51-16-23-26(38)30(23)45)43-32(42-29)52-34(46,47)33(2)7-9-44(35(48,49)50)8-6-18(33)14-36/h1,4-5,12-15,23,26,30,46-50H,6-11,16,40H2,2H3/b18-14+/t23?,26-,30?,33+/m0/s1. The van der Waals surface area contributed by atoms with E-state index in [1.54, 1.807) is 0 Å². The minimum Gasteiger partial charge on any atom is -0.405 e. The molecule has 2 aromatic heterocycles. The Kier molecular flexibility index (Phi) is 8.77. The van der Waals surface area contributed by atoms with E-state index in [4.69, 9.17) is 21.6 Å². The lowest BCUT2D eigenvalue weighted by molar-refractivity contribution is -0.394. The number of nitrogens with zero attached hydrogens (tertiary/aromatic N) is 5. The van der Waals surface area contributed by atoms with Crippen molar-refractivity contribution in [2.24, 2.45) is 11.3 Å². The number of halogens is 4. The SMILES string of the molecule is C#Cc1c(F)ccc2cc(N)cc(-c3ncc4c(N5CCOCC6C5[C@H]6F)nc(OC(O)(O)[C@]5(C)CCN(C(O)(O)O)CC/C5=C\F)nc4c3F)c12. The van der Waals surface area contributed by atoms with Gasteiger partial charge in [0.1, 0.15) is 29.0 Å². The number of benzene rings is 2. The number of likely N-dealkylation sites (tertiary alicyclic amines) is 1. The Morgan fingerprint density at radius 3 is 2.62 bits per heavy atom. The summed E-state index contributed by atoms with van der Waals surface area (Å²) in [5, 5.41) is 52.7. The molecule has 4 heterocycles. The van der Waals surface area contributed by atoms with E-state index in [-0.39, 0.29) is 90.3 Å². The second kappa shape index (κ2) is 12.8. The highest BCUT2D eigenvalue weighted by Crippen LogP contribution is 2.48. The number of anilines is 2. The van der Waals surface area contributed by atoms with Crippen LogP contribution in [-0.2, 0) is 4.74 Å². The van der Waals surface area contributed by atoms with E-state index < -0.39 is 65.2 Å². The lowest BCUT2D eigenvalue weighted by atomic mass is 9.76. The Morgan fingerprint density at radius 1 is 1.13 bits per heavy atom. The summed E-state index contributed by atoms with van der Waals surface area (Å²) in [6.07, 6.45) is 1.67. The number of hydrogen-bond acceptors (Lipinski definition) is 13. The fourth-order valence-electron chi connectivity index (χ4n) is 7.20. The molecule has 3 aliphatic rings. The van der Waals surface area contributed by atoms with Gasteiger partial charge < -0.3 is 45.6 Å². The van der Waals surface area contributed by atoms with Gasteiger partial charge in [-0.1, -0.05) is 12.0 Å². The summed E-state index contributed by atoms with van der Waals surface area (Å²) in [6.45, 7) is 0.927. The normalized spacial score (nSPS) is 25.1. The monoisotopic (exact) mass is 726 g/mol. The number of ether oxygens (including phenoxy) is 2. The van der Waals surface area contributed by atoms with E-state index in [1.165, 1.54) is 36.2 Å². The molecule has 1 aliphatic carbocycles. The Labute approximate surface area is 293 Å². The van der Waals surface area contributed by atoms with Crippen LogP contribution in [0.5, 0.6) is 6.01 Å². The predicted octanol–water partition coefficient (Wildman–Crippen LogP) is 2.42. The van der Waals surface area contributed by atoms with Crippen molar-refractivity contribution in [1.29, 1.82) is 0 Å². The zero-order valence-electron chi connectivity index (χ0n) is 27.6. The van der Waals surface area contributed by atoms with Crippen LogP contribution in [0.4, 0.5) is 29.1 Å². The molecular weight excluding hydrogens is 692 g/mol. The zero-order chi connectivity index (χ0) is 37.3. The highest BCUT2D eigenvalue weighted by Gasteiger charge is 2.57. The maximum absolute atomic E-state index is 17.0. The molecule has 7 N–H and O–H groups in total. The molecule has 2 saturated heterocycles. The molecule has 17 heteroatoms. The largest absolute Gasteiger partial charge is 0.405 e. The van der Waals surface area contributed by atoms with E-state index in [0.717, 1.165) is 11.0 Å². The summed E-state index contributed by atoms with van der Waals surface area (Å²) >= 11 is 0. The van der Waals surface area contributed by atoms with Gasteiger partial charge in [0, 0.05) is 48.4 Å².